The van der Waals surface area contributed by atoms with Gasteiger partial charge in [0.15, 0.2) is 0 Å². The van der Waals surface area contributed by atoms with Gasteiger partial charge in [-0.15, -0.1) is 0 Å². The van der Waals surface area contributed by atoms with E-state index in [1.807, 2.05) is 60.7 Å². The summed E-state index contributed by atoms with van der Waals surface area (Å²) in [6.45, 7) is 11.2. The minimum Gasteiger partial charge on any atom is -0.444 e. The number of benzene rings is 2. The van der Waals surface area contributed by atoms with Crippen molar-refractivity contribution in [1.29, 1.82) is 5.26 Å². The molecule has 0 radical (unpaired) electrons. The molecule has 0 saturated carbocycles. The summed E-state index contributed by atoms with van der Waals surface area (Å²) >= 11 is 0. The second kappa shape index (κ2) is 13.6. The first-order valence-corrected chi connectivity index (χ1v) is 13.5. The molecule has 0 bridgehead atoms. The Bertz CT molecular complexity index is 1140. The van der Waals surface area contributed by atoms with Gasteiger partial charge in [0, 0.05) is 13.1 Å². The maximum Gasteiger partial charge on any atom is 0.410 e. The Kier molecular flexibility index (Phi) is 10.5. The molecule has 0 unspecified atom stereocenters. The van der Waals surface area contributed by atoms with E-state index >= 15 is 0 Å². The molecule has 1 saturated heterocycles. The van der Waals surface area contributed by atoms with E-state index in [-0.39, 0.29) is 26.3 Å². The fourth-order valence-corrected chi connectivity index (χ4v) is 4.40. The third kappa shape index (κ3) is 9.54. The molecule has 4 atom stereocenters. The number of piperidine rings is 1. The van der Waals surface area contributed by atoms with Crippen LogP contribution in [0.3, 0.4) is 0 Å². The first-order valence-electron chi connectivity index (χ1n) is 13.5. The minimum absolute atomic E-state index is 0.0109. The van der Waals surface area contributed by atoms with E-state index in [2.05, 4.69) is 11.4 Å². The number of nitrogens with one attached hydrogen (secondary N) is 1. The van der Waals surface area contributed by atoms with Gasteiger partial charge in [-0.1, -0.05) is 60.7 Å². The van der Waals surface area contributed by atoms with Gasteiger partial charge in [0.1, 0.15) is 23.4 Å². The molecule has 0 aromatic heterocycles. The predicted octanol–water partition coefficient (Wildman–Crippen LogP) is 5.44. The summed E-state index contributed by atoms with van der Waals surface area (Å²) < 4.78 is 23.9. The smallest absolute Gasteiger partial charge is 0.410 e. The normalized spacial score (nSPS) is 21.3. The summed E-state index contributed by atoms with van der Waals surface area (Å²) in [6.07, 6.45) is -2.66. The molecule has 1 aliphatic rings. The fourth-order valence-electron chi connectivity index (χ4n) is 4.40. The number of rotatable bonds is 8. The maximum atomic E-state index is 13.4. The number of nitriles is 1. The molecule has 9 heteroatoms. The first-order chi connectivity index (χ1) is 18.9. The molecular weight excluding hydrogens is 510 g/mol. The quantitative estimate of drug-likeness (QED) is 0.465. The Morgan fingerprint density at radius 3 is 1.82 bits per heavy atom. The number of carbonyl (C=O) groups is 2. The molecule has 1 N–H and O–H groups in total. The summed E-state index contributed by atoms with van der Waals surface area (Å²) in [7, 11) is 0. The Labute approximate surface area is 237 Å². The van der Waals surface area contributed by atoms with Gasteiger partial charge in [0.2, 0.25) is 0 Å². The summed E-state index contributed by atoms with van der Waals surface area (Å²) in [5, 5.41) is 13.0. The van der Waals surface area contributed by atoms with Crippen LogP contribution in [0.4, 0.5) is 9.59 Å². The van der Waals surface area contributed by atoms with Crippen molar-refractivity contribution in [1.82, 2.24) is 10.2 Å². The van der Waals surface area contributed by atoms with Crippen LogP contribution in [0.2, 0.25) is 0 Å². The lowest BCUT2D eigenvalue weighted by molar-refractivity contribution is -0.155. The van der Waals surface area contributed by atoms with Gasteiger partial charge in [-0.25, -0.2) is 9.59 Å². The number of carbonyl (C=O) groups excluding carboxylic acids is 2. The Morgan fingerprint density at radius 1 is 0.850 bits per heavy atom. The molecule has 2 amide bonds. The highest BCUT2D eigenvalue weighted by molar-refractivity contribution is 5.70. The highest BCUT2D eigenvalue weighted by Crippen LogP contribution is 2.31. The fraction of sp³-hybridized carbons (Fsp3) is 0.516. The molecule has 9 nitrogen and oxygen atoms in total. The molecule has 216 valence electrons. The minimum atomic E-state index is -0.760. The van der Waals surface area contributed by atoms with E-state index in [1.165, 1.54) is 4.90 Å². The zero-order valence-electron chi connectivity index (χ0n) is 24.3. The summed E-state index contributed by atoms with van der Waals surface area (Å²) in [5.74, 6) is -0.699. The molecule has 1 fully saturated rings. The topological polar surface area (TPSA) is 110 Å². The van der Waals surface area contributed by atoms with Crippen molar-refractivity contribution in [3.8, 4) is 6.07 Å². The monoisotopic (exact) mass is 551 g/mol. The molecule has 2 aromatic carbocycles. The summed E-state index contributed by atoms with van der Waals surface area (Å²) in [6, 6.07) is 20.9. The van der Waals surface area contributed by atoms with Crippen molar-refractivity contribution in [2.45, 2.75) is 84.2 Å². The lowest BCUT2D eigenvalue weighted by Gasteiger charge is -2.46. The Morgan fingerprint density at radius 2 is 1.35 bits per heavy atom. The van der Waals surface area contributed by atoms with Crippen LogP contribution in [0, 0.1) is 17.2 Å². The van der Waals surface area contributed by atoms with Gasteiger partial charge >= 0.3 is 12.2 Å². The van der Waals surface area contributed by atoms with Crippen LogP contribution in [-0.4, -0.2) is 59.6 Å². The van der Waals surface area contributed by atoms with E-state index in [0.29, 0.717) is 0 Å². The van der Waals surface area contributed by atoms with Crippen LogP contribution in [0.5, 0.6) is 0 Å². The third-order valence-corrected chi connectivity index (χ3v) is 6.11. The van der Waals surface area contributed by atoms with Gasteiger partial charge in [0.25, 0.3) is 0 Å². The standard InChI is InChI=1S/C31H41N3O6/c1-30(2,3)39-28(35)33-18-25-27(38-21-23-15-11-8-12-16-23)26(37-20-22-13-9-7-10-14-22)24(17-32)19-34(25)29(36)40-31(4,5)6/h7-16,24-27H,18-21H2,1-6H3,(H,33,35)/t24-,25-,26-,27-/m1/s1. The highest BCUT2D eigenvalue weighted by atomic mass is 16.6. The average molecular weight is 552 g/mol. The van der Waals surface area contributed by atoms with Crippen LogP contribution in [0.15, 0.2) is 60.7 Å². The Balaban J connectivity index is 1.94. The molecule has 2 aromatic rings. The first kappa shape index (κ1) is 30.9. The molecule has 0 spiro atoms. The SMILES string of the molecule is CC(C)(C)OC(=O)NC[C@@H]1[C@@H](OCc2ccccc2)[C@H](OCc2ccccc2)[C@H](C#N)CN1C(=O)OC(C)(C)C. The van der Waals surface area contributed by atoms with Crippen LogP contribution in [0.25, 0.3) is 0 Å². The third-order valence-electron chi connectivity index (χ3n) is 6.11. The van der Waals surface area contributed by atoms with Crippen LogP contribution < -0.4 is 5.32 Å². The number of hydrogen-bond donors (Lipinski definition) is 1. The van der Waals surface area contributed by atoms with Crippen molar-refractivity contribution < 1.29 is 28.5 Å². The van der Waals surface area contributed by atoms with Gasteiger partial charge in [-0.05, 0) is 52.7 Å². The summed E-state index contributed by atoms with van der Waals surface area (Å²) in [4.78, 5) is 27.5. The number of hydrogen-bond acceptors (Lipinski definition) is 7. The number of amides is 2. The summed E-state index contributed by atoms with van der Waals surface area (Å²) in [5.41, 5.74) is 0.409. The lowest BCUT2D eigenvalue weighted by atomic mass is 9.87. The van der Waals surface area contributed by atoms with E-state index in [1.54, 1.807) is 41.5 Å². The predicted molar refractivity (Wildman–Crippen MR) is 150 cm³/mol. The van der Waals surface area contributed by atoms with Crippen LogP contribution in [-0.2, 0) is 32.2 Å². The van der Waals surface area contributed by atoms with Crippen LogP contribution in [0.1, 0.15) is 52.7 Å². The van der Waals surface area contributed by atoms with Crippen molar-refractivity contribution in [2.75, 3.05) is 13.1 Å². The van der Waals surface area contributed by atoms with Gasteiger partial charge in [-0.2, -0.15) is 5.26 Å². The van der Waals surface area contributed by atoms with Crippen LogP contribution >= 0.6 is 0 Å². The zero-order chi connectivity index (χ0) is 29.3. The molecule has 3 rings (SSSR count). The molecule has 40 heavy (non-hydrogen) atoms. The average Bonchev–Trinajstić information content (AvgIpc) is 2.88. The Hall–Kier alpha value is -3.61. The molecule has 1 heterocycles. The number of nitrogens with zero attached hydrogens (tertiary/aromatic N) is 2. The number of alkyl carbamates (subject to hydrolysis) is 1. The lowest BCUT2D eigenvalue weighted by Crippen LogP contribution is -2.65. The molecule has 0 aliphatic carbocycles. The van der Waals surface area contributed by atoms with Crippen molar-refractivity contribution in [3.63, 3.8) is 0 Å². The van der Waals surface area contributed by atoms with Crippen molar-refractivity contribution in [2.24, 2.45) is 5.92 Å². The van der Waals surface area contributed by atoms with Crippen molar-refractivity contribution in [3.05, 3.63) is 71.8 Å². The van der Waals surface area contributed by atoms with E-state index in [9.17, 15) is 14.9 Å². The molecule has 1 aliphatic heterocycles. The number of ether oxygens (including phenoxy) is 4. The van der Waals surface area contributed by atoms with Gasteiger partial charge in [0.05, 0.1) is 31.2 Å². The second-order valence-electron chi connectivity index (χ2n) is 11.8. The van der Waals surface area contributed by atoms with Gasteiger partial charge < -0.3 is 24.3 Å². The molecular formula is C31H41N3O6. The largest absolute Gasteiger partial charge is 0.444 e. The highest BCUT2D eigenvalue weighted by Gasteiger charge is 2.48. The maximum absolute atomic E-state index is 13.4. The van der Waals surface area contributed by atoms with E-state index in [4.69, 9.17) is 18.9 Å². The second-order valence-corrected chi connectivity index (χ2v) is 11.8. The van der Waals surface area contributed by atoms with E-state index < -0.39 is 47.6 Å². The van der Waals surface area contributed by atoms with Gasteiger partial charge in [-0.3, -0.25) is 4.90 Å². The zero-order valence-corrected chi connectivity index (χ0v) is 24.3. The number of likely N-dealkylation sites (tertiary alicyclic amines) is 1. The van der Waals surface area contributed by atoms with Crippen molar-refractivity contribution >= 4 is 12.2 Å². The van der Waals surface area contributed by atoms with E-state index in [0.717, 1.165) is 11.1 Å².